The van der Waals surface area contributed by atoms with Gasteiger partial charge in [-0.25, -0.2) is 14.0 Å². The molecule has 78 valence electrons. The Bertz CT molecular complexity index is 513. The number of methoxy groups -OCH3 is 1. The van der Waals surface area contributed by atoms with Crippen molar-refractivity contribution in [3.05, 3.63) is 40.8 Å². The lowest BCUT2D eigenvalue weighted by molar-refractivity contribution is 0.368. The molecule has 5 nitrogen and oxygen atoms in total. The first kappa shape index (κ1) is 9.51. The Morgan fingerprint density at radius 2 is 1.93 bits per heavy atom. The van der Waals surface area contributed by atoms with Crippen molar-refractivity contribution in [3.8, 4) is 11.7 Å². The van der Waals surface area contributed by atoms with E-state index in [0.717, 1.165) is 5.69 Å². The quantitative estimate of drug-likeness (QED) is 0.720. The summed E-state index contributed by atoms with van der Waals surface area (Å²) in [6.07, 6.45) is 0. The molecule has 0 radical (unpaired) electrons. The average Bonchev–Trinajstić information content (AvgIpc) is 2.56. The number of hydrogen-bond acceptors (Lipinski definition) is 3. The normalized spacial score (nSPS) is 10.3. The van der Waals surface area contributed by atoms with Crippen LogP contribution in [0.3, 0.4) is 0 Å². The average molecular weight is 205 g/mol. The molecule has 1 heterocycles. The summed E-state index contributed by atoms with van der Waals surface area (Å²) in [6, 6.07) is 9.53. The highest BCUT2D eigenvalue weighted by Crippen LogP contribution is 2.11. The predicted molar refractivity (Wildman–Crippen MR) is 55.4 cm³/mol. The molecule has 1 aromatic carbocycles. The van der Waals surface area contributed by atoms with Crippen LogP contribution in [-0.4, -0.2) is 21.5 Å². The fourth-order valence-electron chi connectivity index (χ4n) is 1.37. The summed E-state index contributed by atoms with van der Waals surface area (Å²) in [6.45, 7) is 0. The summed E-state index contributed by atoms with van der Waals surface area (Å²) in [5, 5.41) is 3.95. The molecule has 0 N–H and O–H groups in total. The van der Waals surface area contributed by atoms with Gasteiger partial charge in [0.15, 0.2) is 0 Å². The van der Waals surface area contributed by atoms with Crippen LogP contribution >= 0.6 is 0 Å². The Hall–Kier alpha value is -2.04. The third-order valence-corrected chi connectivity index (χ3v) is 2.09. The van der Waals surface area contributed by atoms with Gasteiger partial charge in [-0.2, -0.15) is 0 Å². The van der Waals surface area contributed by atoms with Crippen molar-refractivity contribution in [2.75, 3.05) is 7.11 Å². The Morgan fingerprint density at radius 3 is 2.53 bits per heavy atom. The van der Waals surface area contributed by atoms with E-state index in [0.29, 0.717) is 0 Å². The van der Waals surface area contributed by atoms with Crippen LogP contribution in [-0.2, 0) is 7.05 Å². The van der Waals surface area contributed by atoms with Crippen LogP contribution in [0.1, 0.15) is 0 Å². The highest BCUT2D eigenvalue weighted by molar-refractivity contribution is 5.33. The standard InChI is InChI=1S/C10H11N3O2/c1-12-10(14)13(9(11-12)15-2)8-6-4-3-5-7-8/h3-7H,1-2H3. The molecular formula is C10H11N3O2. The SMILES string of the molecule is COc1nn(C)c(=O)n1-c1ccccc1. The van der Waals surface area contributed by atoms with E-state index in [9.17, 15) is 4.79 Å². The Labute approximate surface area is 86.5 Å². The monoisotopic (exact) mass is 205 g/mol. The zero-order chi connectivity index (χ0) is 10.8. The molecule has 0 fully saturated rings. The molecule has 0 atom stereocenters. The van der Waals surface area contributed by atoms with E-state index in [1.165, 1.54) is 16.4 Å². The van der Waals surface area contributed by atoms with E-state index in [-0.39, 0.29) is 11.7 Å². The van der Waals surface area contributed by atoms with E-state index in [2.05, 4.69) is 5.10 Å². The van der Waals surface area contributed by atoms with E-state index < -0.39 is 0 Å². The maximum atomic E-state index is 11.7. The third-order valence-electron chi connectivity index (χ3n) is 2.09. The van der Waals surface area contributed by atoms with Crippen molar-refractivity contribution in [3.63, 3.8) is 0 Å². The largest absolute Gasteiger partial charge is 0.467 e. The molecule has 2 rings (SSSR count). The fourth-order valence-corrected chi connectivity index (χ4v) is 1.37. The van der Waals surface area contributed by atoms with Crippen molar-refractivity contribution < 1.29 is 4.74 Å². The van der Waals surface area contributed by atoms with Gasteiger partial charge in [-0.15, -0.1) is 5.10 Å². The maximum Gasteiger partial charge on any atom is 0.353 e. The smallest absolute Gasteiger partial charge is 0.353 e. The number of rotatable bonds is 2. The molecular weight excluding hydrogens is 194 g/mol. The predicted octanol–water partition coefficient (Wildman–Crippen LogP) is 0.580. The molecule has 0 aliphatic heterocycles. The van der Waals surface area contributed by atoms with E-state index in [1.54, 1.807) is 7.05 Å². The van der Waals surface area contributed by atoms with Crippen LogP contribution in [0.5, 0.6) is 6.01 Å². The highest BCUT2D eigenvalue weighted by Gasteiger charge is 2.12. The summed E-state index contributed by atoms with van der Waals surface area (Å²) < 4.78 is 7.69. The van der Waals surface area contributed by atoms with Gasteiger partial charge in [-0.1, -0.05) is 18.2 Å². The van der Waals surface area contributed by atoms with Crippen molar-refractivity contribution in [2.45, 2.75) is 0 Å². The molecule has 0 aliphatic rings. The lowest BCUT2D eigenvalue weighted by atomic mass is 10.3. The zero-order valence-corrected chi connectivity index (χ0v) is 8.54. The topological polar surface area (TPSA) is 49.1 Å². The van der Waals surface area contributed by atoms with Crippen LogP contribution in [0.15, 0.2) is 35.1 Å². The first-order valence-corrected chi connectivity index (χ1v) is 4.49. The van der Waals surface area contributed by atoms with Gasteiger partial charge < -0.3 is 4.74 Å². The molecule has 0 unspecified atom stereocenters. The van der Waals surface area contributed by atoms with Gasteiger partial charge in [0.2, 0.25) is 0 Å². The number of para-hydroxylation sites is 1. The second-order valence-corrected chi connectivity index (χ2v) is 3.06. The van der Waals surface area contributed by atoms with Crippen molar-refractivity contribution in [2.24, 2.45) is 7.05 Å². The van der Waals surface area contributed by atoms with Crippen molar-refractivity contribution in [1.29, 1.82) is 0 Å². The van der Waals surface area contributed by atoms with Gasteiger partial charge in [0, 0.05) is 7.05 Å². The molecule has 0 bridgehead atoms. The minimum Gasteiger partial charge on any atom is -0.467 e. The molecule has 5 heteroatoms. The molecule has 0 saturated heterocycles. The van der Waals surface area contributed by atoms with Crippen LogP contribution in [0.2, 0.25) is 0 Å². The second kappa shape index (κ2) is 3.61. The van der Waals surface area contributed by atoms with Crippen LogP contribution in [0.25, 0.3) is 5.69 Å². The number of ether oxygens (including phenoxy) is 1. The molecule has 0 spiro atoms. The molecule has 0 aliphatic carbocycles. The van der Waals surface area contributed by atoms with Gasteiger partial charge in [-0.3, -0.25) is 0 Å². The van der Waals surface area contributed by atoms with Crippen LogP contribution < -0.4 is 10.4 Å². The summed E-state index contributed by atoms with van der Waals surface area (Å²) in [4.78, 5) is 11.7. The van der Waals surface area contributed by atoms with Crippen molar-refractivity contribution >= 4 is 0 Å². The van der Waals surface area contributed by atoms with E-state index in [1.807, 2.05) is 30.3 Å². The first-order valence-electron chi connectivity index (χ1n) is 4.49. The number of hydrogen-bond donors (Lipinski definition) is 0. The molecule has 0 saturated carbocycles. The van der Waals surface area contributed by atoms with Gasteiger partial charge in [0.1, 0.15) is 0 Å². The number of aromatic nitrogens is 3. The molecule has 1 aromatic heterocycles. The Kier molecular flexibility index (Phi) is 2.29. The fraction of sp³-hybridized carbons (Fsp3) is 0.200. The number of benzene rings is 1. The number of nitrogens with zero attached hydrogens (tertiary/aromatic N) is 3. The van der Waals surface area contributed by atoms with Gasteiger partial charge >= 0.3 is 11.7 Å². The maximum absolute atomic E-state index is 11.7. The summed E-state index contributed by atoms with van der Waals surface area (Å²) in [5.41, 5.74) is 0.519. The van der Waals surface area contributed by atoms with Gasteiger partial charge in [-0.05, 0) is 12.1 Å². The van der Waals surface area contributed by atoms with Gasteiger partial charge in [0.25, 0.3) is 0 Å². The van der Waals surface area contributed by atoms with Crippen LogP contribution in [0.4, 0.5) is 0 Å². The lowest BCUT2D eigenvalue weighted by Crippen LogP contribution is -2.21. The summed E-state index contributed by atoms with van der Waals surface area (Å²) in [7, 11) is 3.07. The minimum atomic E-state index is -0.224. The Morgan fingerprint density at radius 1 is 1.27 bits per heavy atom. The molecule has 15 heavy (non-hydrogen) atoms. The van der Waals surface area contributed by atoms with Crippen molar-refractivity contribution in [1.82, 2.24) is 14.3 Å². The zero-order valence-electron chi connectivity index (χ0n) is 8.54. The molecule has 2 aromatic rings. The lowest BCUT2D eigenvalue weighted by Gasteiger charge is -2.02. The minimum absolute atomic E-state index is 0.224. The summed E-state index contributed by atoms with van der Waals surface area (Å²) in [5.74, 6) is 0. The van der Waals surface area contributed by atoms with Crippen LogP contribution in [0, 0.1) is 0 Å². The molecule has 0 amide bonds. The van der Waals surface area contributed by atoms with Gasteiger partial charge in [0.05, 0.1) is 12.8 Å². The second-order valence-electron chi connectivity index (χ2n) is 3.06. The summed E-state index contributed by atoms with van der Waals surface area (Å²) >= 11 is 0. The van der Waals surface area contributed by atoms with E-state index in [4.69, 9.17) is 4.74 Å². The first-order chi connectivity index (χ1) is 7.24. The third kappa shape index (κ3) is 1.52. The number of aryl methyl sites for hydroxylation is 1. The van der Waals surface area contributed by atoms with E-state index >= 15 is 0 Å². The highest BCUT2D eigenvalue weighted by atomic mass is 16.5. The Balaban J connectivity index is 2.67.